The Bertz CT molecular complexity index is 214. The highest BCUT2D eigenvalue weighted by molar-refractivity contribution is 5.96. The van der Waals surface area contributed by atoms with E-state index in [0.29, 0.717) is 12.8 Å². The third-order valence-corrected chi connectivity index (χ3v) is 2.30. The Morgan fingerprint density at radius 2 is 2.25 bits per heavy atom. The van der Waals surface area contributed by atoms with Gasteiger partial charge in [-0.05, 0) is 23.8 Å². The fourth-order valence-electron chi connectivity index (χ4n) is 1.55. The molecule has 0 bridgehead atoms. The summed E-state index contributed by atoms with van der Waals surface area (Å²) in [4.78, 5) is 11.3. The molecule has 0 aromatic heterocycles. The normalized spacial score (nSPS) is 22.2. The number of allylic oxidation sites excluding steroid dienone is 1. The van der Waals surface area contributed by atoms with Gasteiger partial charge in [-0.15, -0.1) is 0 Å². The number of ketones is 1. The Labute approximate surface area is 73.3 Å². The molecule has 0 aromatic carbocycles. The maximum atomic E-state index is 11.3. The molecule has 2 nitrogen and oxygen atoms in total. The largest absolute Gasteiger partial charge is 0.396 e. The first-order chi connectivity index (χ1) is 5.55. The van der Waals surface area contributed by atoms with Gasteiger partial charge < -0.3 is 5.11 Å². The van der Waals surface area contributed by atoms with Crippen LogP contribution < -0.4 is 0 Å². The summed E-state index contributed by atoms with van der Waals surface area (Å²) >= 11 is 0. The SMILES string of the molecule is CC1(C)C=C(CCO)C(=O)CC1. The predicted octanol–water partition coefficient (Wildman–Crippen LogP) is 1.68. The first-order valence-electron chi connectivity index (χ1n) is 4.41. The summed E-state index contributed by atoms with van der Waals surface area (Å²) in [7, 11) is 0. The standard InChI is InChI=1S/C10H16O2/c1-10(2)5-3-9(12)8(7-10)4-6-11/h7,11H,3-6H2,1-2H3. The van der Waals surface area contributed by atoms with Crippen LogP contribution in [0.1, 0.15) is 33.1 Å². The van der Waals surface area contributed by atoms with Crippen molar-refractivity contribution < 1.29 is 9.90 Å². The molecule has 0 aromatic rings. The average molecular weight is 168 g/mol. The smallest absolute Gasteiger partial charge is 0.158 e. The molecule has 0 fully saturated rings. The van der Waals surface area contributed by atoms with Crippen molar-refractivity contribution in [2.24, 2.45) is 5.41 Å². The molecule has 0 saturated carbocycles. The van der Waals surface area contributed by atoms with E-state index in [4.69, 9.17) is 5.11 Å². The molecular weight excluding hydrogens is 152 g/mol. The molecule has 0 radical (unpaired) electrons. The topological polar surface area (TPSA) is 37.3 Å². The third-order valence-electron chi connectivity index (χ3n) is 2.30. The Hall–Kier alpha value is -0.630. The zero-order valence-electron chi connectivity index (χ0n) is 7.76. The summed E-state index contributed by atoms with van der Waals surface area (Å²) in [6.45, 7) is 4.32. The first kappa shape index (κ1) is 9.46. The lowest BCUT2D eigenvalue weighted by Crippen LogP contribution is -2.20. The van der Waals surface area contributed by atoms with Crippen molar-refractivity contribution in [3.8, 4) is 0 Å². The number of carbonyl (C=O) groups excluding carboxylic acids is 1. The number of aliphatic hydroxyl groups excluding tert-OH is 1. The summed E-state index contributed by atoms with van der Waals surface area (Å²) in [5, 5.41) is 8.71. The minimum atomic E-state index is 0.0770. The third kappa shape index (κ3) is 2.18. The number of rotatable bonds is 2. The molecule has 1 aliphatic carbocycles. The van der Waals surface area contributed by atoms with Crippen LogP contribution >= 0.6 is 0 Å². The Balaban J connectivity index is 2.78. The van der Waals surface area contributed by atoms with E-state index in [9.17, 15) is 4.79 Å². The van der Waals surface area contributed by atoms with Crippen LogP contribution in [-0.4, -0.2) is 17.5 Å². The maximum absolute atomic E-state index is 11.3. The van der Waals surface area contributed by atoms with Gasteiger partial charge in [-0.2, -0.15) is 0 Å². The highest BCUT2D eigenvalue weighted by Crippen LogP contribution is 2.32. The first-order valence-corrected chi connectivity index (χ1v) is 4.41. The van der Waals surface area contributed by atoms with Gasteiger partial charge in [-0.1, -0.05) is 19.9 Å². The van der Waals surface area contributed by atoms with Gasteiger partial charge in [0, 0.05) is 13.0 Å². The summed E-state index contributed by atoms with van der Waals surface area (Å²) in [5.41, 5.74) is 0.951. The van der Waals surface area contributed by atoms with Crippen molar-refractivity contribution in [1.82, 2.24) is 0 Å². The summed E-state index contributed by atoms with van der Waals surface area (Å²) in [6.07, 6.45) is 4.09. The fraction of sp³-hybridized carbons (Fsp3) is 0.700. The number of carbonyl (C=O) groups is 1. The van der Waals surface area contributed by atoms with E-state index in [1.807, 2.05) is 6.08 Å². The molecule has 0 spiro atoms. The summed E-state index contributed by atoms with van der Waals surface area (Å²) in [5.74, 6) is 0.211. The van der Waals surface area contributed by atoms with Gasteiger partial charge in [0.05, 0.1) is 0 Å². The van der Waals surface area contributed by atoms with E-state index >= 15 is 0 Å². The van der Waals surface area contributed by atoms with Gasteiger partial charge in [0.25, 0.3) is 0 Å². The molecule has 2 heteroatoms. The van der Waals surface area contributed by atoms with Gasteiger partial charge in [-0.3, -0.25) is 4.79 Å². The highest BCUT2D eigenvalue weighted by Gasteiger charge is 2.24. The number of hydrogen-bond donors (Lipinski definition) is 1. The van der Waals surface area contributed by atoms with E-state index in [1.165, 1.54) is 0 Å². The summed E-state index contributed by atoms with van der Waals surface area (Å²) in [6, 6.07) is 0. The van der Waals surface area contributed by atoms with Gasteiger partial charge in [0.2, 0.25) is 0 Å². The lowest BCUT2D eigenvalue weighted by atomic mass is 9.78. The summed E-state index contributed by atoms with van der Waals surface area (Å²) < 4.78 is 0. The fourth-order valence-corrected chi connectivity index (χ4v) is 1.55. The quantitative estimate of drug-likeness (QED) is 0.681. The van der Waals surface area contributed by atoms with Gasteiger partial charge in [0.15, 0.2) is 5.78 Å². The highest BCUT2D eigenvalue weighted by atomic mass is 16.3. The van der Waals surface area contributed by atoms with Crippen LogP contribution in [-0.2, 0) is 4.79 Å². The molecule has 0 saturated heterocycles. The van der Waals surface area contributed by atoms with Gasteiger partial charge in [0.1, 0.15) is 0 Å². The molecule has 68 valence electrons. The van der Waals surface area contributed by atoms with Crippen LogP contribution in [0.3, 0.4) is 0 Å². The van der Waals surface area contributed by atoms with Crippen molar-refractivity contribution >= 4 is 5.78 Å². The Morgan fingerprint density at radius 1 is 1.58 bits per heavy atom. The molecule has 1 N–H and O–H groups in total. The molecule has 0 unspecified atom stereocenters. The molecule has 1 rings (SSSR count). The maximum Gasteiger partial charge on any atom is 0.158 e. The number of Topliss-reactive ketones (excluding diaryl/α,β-unsaturated/α-hetero) is 1. The molecule has 0 atom stereocenters. The van der Waals surface area contributed by atoms with Crippen LogP contribution in [0.4, 0.5) is 0 Å². The minimum absolute atomic E-state index is 0.0770. The second-order valence-electron chi connectivity index (χ2n) is 4.05. The van der Waals surface area contributed by atoms with Crippen LogP contribution in [0.25, 0.3) is 0 Å². The lowest BCUT2D eigenvalue weighted by Gasteiger charge is -2.26. The molecule has 1 aliphatic rings. The monoisotopic (exact) mass is 168 g/mol. The predicted molar refractivity (Wildman–Crippen MR) is 47.8 cm³/mol. The van der Waals surface area contributed by atoms with E-state index < -0.39 is 0 Å². The Morgan fingerprint density at radius 3 is 2.83 bits per heavy atom. The molecular formula is C10H16O2. The Kier molecular flexibility index (Phi) is 2.68. The van der Waals surface area contributed by atoms with E-state index in [2.05, 4.69) is 13.8 Å². The van der Waals surface area contributed by atoms with Crippen molar-refractivity contribution in [2.75, 3.05) is 6.61 Å². The van der Waals surface area contributed by atoms with Crippen LogP contribution in [0.15, 0.2) is 11.6 Å². The molecule has 12 heavy (non-hydrogen) atoms. The van der Waals surface area contributed by atoms with Crippen molar-refractivity contribution in [3.05, 3.63) is 11.6 Å². The molecule has 0 amide bonds. The average Bonchev–Trinajstić information content (AvgIpc) is 1.97. The number of aliphatic hydroxyl groups is 1. The van der Waals surface area contributed by atoms with E-state index in [1.54, 1.807) is 0 Å². The van der Waals surface area contributed by atoms with Crippen molar-refractivity contribution in [3.63, 3.8) is 0 Å². The zero-order valence-corrected chi connectivity index (χ0v) is 7.76. The molecule has 0 aliphatic heterocycles. The molecule has 0 heterocycles. The van der Waals surface area contributed by atoms with Crippen molar-refractivity contribution in [1.29, 1.82) is 0 Å². The van der Waals surface area contributed by atoms with Crippen LogP contribution in [0.5, 0.6) is 0 Å². The van der Waals surface area contributed by atoms with E-state index in [0.717, 1.165) is 12.0 Å². The second kappa shape index (κ2) is 3.40. The van der Waals surface area contributed by atoms with Crippen LogP contribution in [0, 0.1) is 5.41 Å². The van der Waals surface area contributed by atoms with E-state index in [-0.39, 0.29) is 17.8 Å². The number of hydrogen-bond acceptors (Lipinski definition) is 2. The van der Waals surface area contributed by atoms with Gasteiger partial charge >= 0.3 is 0 Å². The van der Waals surface area contributed by atoms with Crippen molar-refractivity contribution in [2.45, 2.75) is 33.1 Å². The van der Waals surface area contributed by atoms with Gasteiger partial charge in [-0.25, -0.2) is 0 Å². The second-order valence-corrected chi connectivity index (χ2v) is 4.05. The van der Waals surface area contributed by atoms with Crippen LogP contribution in [0.2, 0.25) is 0 Å². The lowest BCUT2D eigenvalue weighted by molar-refractivity contribution is -0.116. The zero-order chi connectivity index (χ0) is 9.19. The minimum Gasteiger partial charge on any atom is -0.396 e.